The largest absolute Gasteiger partial charge is 0.308 e. The molecular formula is C27H28F2N2. The molecule has 0 aliphatic carbocycles. The lowest BCUT2D eigenvalue weighted by molar-refractivity contribution is 0.00458. The van der Waals surface area contributed by atoms with Crippen LogP contribution in [0.5, 0.6) is 0 Å². The Labute approximate surface area is 182 Å². The zero-order chi connectivity index (χ0) is 21.2. The summed E-state index contributed by atoms with van der Waals surface area (Å²) in [6, 6.07) is 25.6. The number of halogens is 2. The van der Waals surface area contributed by atoms with Gasteiger partial charge in [-0.1, -0.05) is 60.7 Å². The number of hydrogen-bond donors (Lipinski definition) is 1. The minimum atomic E-state index is -0.393. The van der Waals surface area contributed by atoms with Crippen molar-refractivity contribution in [1.82, 2.24) is 10.2 Å². The third kappa shape index (κ3) is 4.15. The third-order valence-electron chi connectivity index (χ3n) is 7.07. The fraction of sp³-hybridized carbons (Fsp3) is 0.333. The molecule has 0 amide bonds. The molecule has 3 heterocycles. The first-order valence-corrected chi connectivity index (χ1v) is 11.2. The van der Waals surface area contributed by atoms with Gasteiger partial charge in [0.05, 0.1) is 0 Å². The first-order chi connectivity index (χ1) is 15.2. The quantitative estimate of drug-likeness (QED) is 0.581. The fourth-order valence-corrected chi connectivity index (χ4v) is 5.60. The van der Waals surface area contributed by atoms with E-state index < -0.39 is 5.82 Å². The highest BCUT2D eigenvalue weighted by Gasteiger charge is 2.46. The summed E-state index contributed by atoms with van der Waals surface area (Å²) >= 11 is 0. The van der Waals surface area contributed by atoms with Crippen molar-refractivity contribution in [3.63, 3.8) is 0 Å². The summed E-state index contributed by atoms with van der Waals surface area (Å²) in [6.45, 7) is 2.53. The summed E-state index contributed by atoms with van der Waals surface area (Å²) in [5.74, 6) is 0.0198. The summed E-state index contributed by atoms with van der Waals surface area (Å²) in [5.41, 5.74) is 3.00. The number of piperidine rings is 3. The maximum absolute atomic E-state index is 14.3. The first-order valence-electron chi connectivity index (χ1n) is 11.2. The molecule has 2 atom stereocenters. The molecule has 3 aromatic carbocycles. The van der Waals surface area contributed by atoms with Crippen molar-refractivity contribution in [1.29, 1.82) is 0 Å². The van der Waals surface area contributed by atoms with Crippen LogP contribution in [0.1, 0.15) is 35.4 Å². The lowest BCUT2D eigenvalue weighted by Crippen LogP contribution is -2.64. The summed E-state index contributed by atoms with van der Waals surface area (Å²) in [4.78, 5) is 2.60. The number of fused-ring (bicyclic) bond motifs is 3. The van der Waals surface area contributed by atoms with Gasteiger partial charge >= 0.3 is 0 Å². The van der Waals surface area contributed by atoms with Crippen LogP contribution >= 0.6 is 0 Å². The predicted octanol–water partition coefficient (Wildman–Crippen LogP) is 5.35. The van der Waals surface area contributed by atoms with Crippen molar-refractivity contribution in [3.05, 3.63) is 107 Å². The number of nitrogens with zero attached hydrogens (tertiary/aromatic N) is 1. The summed E-state index contributed by atoms with van der Waals surface area (Å²) < 4.78 is 28.0. The van der Waals surface area contributed by atoms with Gasteiger partial charge in [-0.3, -0.25) is 4.90 Å². The van der Waals surface area contributed by atoms with Gasteiger partial charge in [-0.15, -0.1) is 0 Å². The smallest absolute Gasteiger partial charge is 0.127 e. The summed E-state index contributed by atoms with van der Waals surface area (Å²) in [6.07, 6.45) is 2.30. The van der Waals surface area contributed by atoms with Crippen LogP contribution in [0.15, 0.2) is 78.9 Å². The van der Waals surface area contributed by atoms with Gasteiger partial charge in [0.1, 0.15) is 11.6 Å². The van der Waals surface area contributed by atoms with Gasteiger partial charge in [0.25, 0.3) is 0 Å². The molecule has 3 fully saturated rings. The van der Waals surface area contributed by atoms with Crippen molar-refractivity contribution in [2.45, 2.75) is 37.4 Å². The van der Waals surface area contributed by atoms with Crippen molar-refractivity contribution in [3.8, 4) is 0 Å². The van der Waals surface area contributed by atoms with E-state index in [4.69, 9.17) is 0 Å². The van der Waals surface area contributed by atoms with E-state index in [2.05, 4.69) is 70.9 Å². The Morgan fingerprint density at radius 1 is 0.839 bits per heavy atom. The van der Waals surface area contributed by atoms with E-state index in [1.807, 2.05) is 0 Å². The average Bonchev–Trinajstić information content (AvgIpc) is 2.82. The van der Waals surface area contributed by atoms with E-state index in [1.165, 1.54) is 29.3 Å². The van der Waals surface area contributed by atoms with Crippen LogP contribution < -0.4 is 5.32 Å². The monoisotopic (exact) mass is 418 g/mol. The van der Waals surface area contributed by atoms with Crippen LogP contribution in [0.4, 0.5) is 8.78 Å². The normalized spacial score (nSPS) is 25.1. The molecule has 6 rings (SSSR count). The zero-order valence-electron chi connectivity index (χ0n) is 17.6. The maximum atomic E-state index is 14.3. The van der Waals surface area contributed by atoms with Gasteiger partial charge < -0.3 is 5.32 Å². The van der Waals surface area contributed by atoms with Crippen molar-refractivity contribution < 1.29 is 8.78 Å². The van der Waals surface area contributed by atoms with Crippen LogP contribution in [-0.4, -0.2) is 30.1 Å². The SMILES string of the molecule is Fc1ccc(F)c(CNC2C3CCN(CC3)C2C(c2ccccc2)c2ccccc2)c1. The van der Waals surface area contributed by atoms with Crippen molar-refractivity contribution >= 4 is 0 Å². The molecular weight excluding hydrogens is 390 g/mol. The number of benzene rings is 3. The molecule has 2 nitrogen and oxygen atoms in total. The Kier molecular flexibility index (Phi) is 5.84. The second-order valence-electron chi connectivity index (χ2n) is 8.81. The molecule has 1 N–H and O–H groups in total. The molecule has 3 aliphatic heterocycles. The summed E-state index contributed by atoms with van der Waals surface area (Å²) in [7, 11) is 0. The topological polar surface area (TPSA) is 15.3 Å². The minimum absolute atomic E-state index is 0.218. The van der Waals surface area contributed by atoms with E-state index >= 15 is 0 Å². The standard InChI is InChI=1S/C27H28F2N2/c28-23-11-12-24(29)22(17-23)18-30-26-21-13-15-31(16-14-21)27(26)25(19-7-3-1-4-8-19)20-9-5-2-6-10-20/h1-12,17,21,25-27,30H,13-16,18H2. The van der Waals surface area contributed by atoms with Crippen LogP contribution in [0.3, 0.4) is 0 Å². The molecule has 31 heavy (non-hydrogen) atoms. The van der Waals surface area contributed by atoms with E-state index in [0.717, 1.165) is 25.9 Å². The molecule has 2 bridgehead atoms. The van der Waals surface area contributed by atoms with Crippen LogP contribution in [-0.2, 0) is 6.54 Å². The molecule has 0 aromatic heterocycles. The van der Waals surface area contributed by atoms with E-state index in [9.17, 15) is 8.78 Å². The Hall–Kier alpha value is -2.56. The summed E-state index contributed by atoms with van der Waals surface area (Å²) in [5, 5.41) is 3.66. The van der Waals surface area contributed by atoms with Gasteiger partial charge in [-0.05, 0) is 61.2 Å². The van der Waals surface area contributed by atoms with Crippen molar-refractivity contribution in [2.24, 2.45) is 5.92 Å². The molecule has 2 unspecified atom stereocenters. The maximum Gasteiger partial charge on any atom is 0.127 e. The van der Waals surface area contributed by atoms with Gasteiger partial charge in [-0.25, -0.2) is 8.78 Å². The lowest BCUT2D eigenvalue weighted by atomic mass is 9.70. The van der Waals surface area contributed by atoms with Crippen LogP contribution in [0, 0.1) is 17.6 Å². The predicted molar refractivity (Wildman–Crippen MR) is 120 cm³/mol. The second-order valence-corrected chi connectivity index (χ2v) is 8.81. The van der Waals surface area contributed by atoms with Crippen LogP contribution in [0.2, 0.25) is 0 Å². The number of hydrogen-bond acceptors (Lipinski definition) is 2. The Balaban J connectivity index is 1.50. The van der Waals surface area contributed by atoms with Crippen molar-refractivity contribution in [2.75, 3.05) is 13.1 Å². The highest BCUT2D eigenvalue weighted by atomic mass is 19.1. The third-order valence-corrected chi connectivity index (χ3v) is 7.07. The molecule has 3 aromatic rings. The zero-order valence-corrected chi connectivity index (χ0v) is 17.6. The van der Waals surface area contributed by atoms with Gasteiger partial charge in [-0.2, -0.15) is 0 Å². The van der Waals surface area contributed by atoms with Gasteiger partial charge in [0.2, 0.25) is 0 Å². The molecule has 0 radical (unpaired) electrons. The highest BCUT2D eigenvalue weighted by Crippen LogP contribution is 2.42. The molecule has 0 spiro atoms. The highest BCUT2D eigenvalue weighted by molar-refractivity contribution is 5.36. The first kappa shape index (κ1) is 20.3. The van der Waals surface area contributed by atoms with E-state index in [-0.39, 0.29) is 23.8 Å². The molecule has 160 valence electrons. The van der Waals surface area contributed by atoms with Gasteiger partial charge in [0, 0.05) is 30.1 Å². The lowest BCUT2D eigenvalue weighted by Gasteiger charge is -2.54. The van der Waals surface area contributed by atoms with E-state index in [1.54, 1.807) is 0 Å². The molecule has 3 saturated heterocycles. The minimum Gasteiger partial charge on any atom is -0.308 e. The second kappa shape index (κ2) is 8.89. The fourth-order valence-electron chi connectivity index (χ4n) is 5.60. The molecule has 4 heteroatoms. The Morgan fingerprint density at radius 2 is 1.45 bits per heavy atom. The average molecular weight is 419 g/mol. The Bertz CT molecular complexity index is 961. The van der Waals surface area contributed by atoms with E-state index in [0.29, 0.717) is 18.0 Å². The molecule has 3 aliphatic rings. The Morgan fingerprint density at radius 3 is 2.06 bits per heavy atom. The van der Waals surface area contributed by atoms with Gasteiger partial charge in [0.15, 0.2) is 0 Å². The molecule has 0 saturated carbocycles. The number of nitrogens with one attached hydrogen (secondary N) is 1. The van der Waals surface area contributed by atoms with Crippen LogP contribution in [0.25, 0.3) is 0 Å². The number of rotatable bonds is 6.